The number of halogens is 1. The molecule has 0 aromatic carbocycles. The standard InChI is InChI=1S/C7H5.C5H4Br.Fe/c1-2-7-5-3-4-6-7;6-5-3-1-2-4-5;/h1,3-6H;1-4H;. The molecule has 10 aliphatic rings. The molecule has 0 N–H and O–H groups in total. The molecule has 10 aliphatic heterocycles. The number of alkyl halides is 1. The van der Waals surface area contributed by atoms with Gasteiger partial charge in [0.25, 0.3) is 0 Å². The van der Waals surface area contributed by atoms with Gasteiger partial charge in [0.2, 0.25) is 0 Å². The molecule has 0 radical (unpaired) electrons. The van der Waals surface area contributed by atoms with E-state index in [4.69, 9.17) is 6.42 Å². The summed E-state index contributed by atoms with van der Waals surface area (Å²) in [5.41, 5.74) is 0. The number of hydrogen-bond donors (Lipinski definition) is 0. The number of fused-ring (bicyclic) bond motifs is 10. The summed E-state index contributed by atoms with van der Waals surface area (Å²) >= 11 is 4.31. The third kappa shape index (κ3) is 0.0318. The normalized spacial score (nSPS) is 147. The van der Waals surface area contributed by atoms with E-state index in [9.17, 15) is 0 Å². The molecular formula is C12H9BrFe. The molecule has 0 amide bonds. The van der Waals surface area contributed by atoms with Gasteiger partial charge in [-0.3, -0.25) is 0 Å². The van der Waals surface area contributed by atoms with Crippen LogP contribution in [0.15, 0.2) is 0 Å². The van der Waals surface area contributed by atoms with Gasteiger partial charge in [-0.25, -0.2) is 0 Å². The molecule has 10 fully saturated rings. The minimum absolute atomic E-state index is 0.678. The van der Waals surface area contributed by atoms with Crippen molar-refractivity contribution in [2.24, 2.45) is 0 Å². The van der Waals surface area contributed by atoms with Gasteiger partial charge in [0.05, 0.1) is 0 Å². The van der Waals surface area contributed by atoms with Gasteiger partial charge in [-0.05, 0) is 0 Å². The molecule has 72 valence electrons. The first-order valence-electron chi connectivity index (χ1n) is 5.87. The second-order valence-corrected chi connectivity index (χ2v) is 35.0. The number of hydrogen-bond acceptors (Lipinski definition) is 0. The van der Waals surface area contributed by atoms with Crippen LogP contribution in [0.1, 0.15) is 0 Å². The fourth-order valence-corrected chi connectivity index (χ4v) is 103. The Morgan fingerprint density at radius 2 is 1.50 bits per heavy atom. The summed E-state index contributed by atoms with van der Waals surface area (Å²) < 4.78 is 1.51. The molecule has 0 saturated carbocycles. The van der Waals surface area contributed by atoms with E-state index in [2.05, 4.69) is 21.9 Å². The van der Waals surface area contributed by atoms with Crippen LogP contribution in [0.25, 0.3) is 0 Å². The molecule has 10 rings (SSSR count). The second-order valence-electron chi connectivity index (χ2n) is 9.83. The summed E-state index contributed by atoms with van der Waals surface area (Å²) in [7, 11) is 0. The Morgan fingerprint density at radius 3 is 1.57 bits per heavy atom. The van der Waals surface area contributed by atoms with Gasteiger partial charge in [-0.15, -0.1) is 0 Å². The molecule has 10 heterocycles. The van der Waals surface area contributed by atoms with Crippen LogP contribution in [0, 0.1) is 12.3 Å². The second kappa shape index (κ2) is 0.314. The van der Waals surface area contributed by atoms with Gasteiger partial charge in [0.1, 0.15) is 0 Å². The monoisotopic (exact) mass is 288 g/mol. The van der Waals surface area contributed by atoms with E-state index in [1.165, 1.54) is 38.5 Å². The van der Waals surface area contributed by atoms with Crippen molar-refractivity contribution in [3.63, 3.8) is 0 Å². The van der Waals surface area contributed by atoms with Gasteiger partial charge in [-0.1, -0.05) is 0 Å². The summed E-state index contributed by atoms with van der Waals surface area (Å²) in [6.07, 6.45) is 6.03. The van der Waals surface area contributed by atoms with Crippen LogP contribution in [-0.2, 0) is 6.51 Å². The molecule has 0 bridgehead atoms. The Kier molecular flexibility index (Phi) is 0.108. The van der Waals surface area contributed by atoms with E-state index in [0.717, 1.165) is 3.22 Å². The molecule has 0 aliphatic carbocycles. The zero-order valence-electron chi connectivity index (χ0n) is 7.43. The summed E-state index contributed by atoms with van der Waals surface area (Å²) in [5.74, 6) is 3.45. The molecule has 14 heavy (non-hydrogen) atoms. The van der Waals surface area contributed by atoms with Crippen molar-refractivity contribution in [1.82, 2.24) is 0 Å². The molecule has 2 heteroatoms. The molecule has 0 aromatic rings. The van der Waals surface area contributed by atoms with Crippen LogP contribution in [0.3, 0.4) is 0 Å². The number of rotatable bonds is 0. The van der Waals surface area contributed by atoms with E-state index in [1.807, 2.05) is 0 Å². The van der Waals surface area contributed by atoms with E-state index in [-0.39, 0.29) is 0 Å². The molecule has 0 nitrogen and oxygen atoms in total. The van der Waals surface area contributed by atoms with Gasteiger partial charge < -0.3 is 0 Å². The quantitative estimate of drug-likeness (QED) is 0.362. The molecular weight excluding hydrogens is 280 g/mol. The van der Waals surface area contributed by atoms with Crippen molar-refractivity contribution >= 4 is 15.9 Å². The van der Waals surface area contributed by atoms with Crippen molar-refractivity contribution in [2.75, 3.05) is 0 Å². The van der Waals surface area contributed by atoms with E-state index in [0.29, 0.717) is 4.31 Å². The predicted molar refractivity (Wildman–Crippen MR) is 53.2 cm³/mol. The predicted octanol–water partition coefficient (Wildman–Crippen LogP) is 3.68. The first-order valence-corrected chi connectivity index (χ1v) is 12.9. The Hall–Kier alpha value is 0.559. The van der Waals surface area contributed by atoms with Gasteiger partial charge in [0, 0.05) is 0 Å². The van der Waals surface area contributed by atoms with Crippen molar-refractivity contribution < 1.29 is 6.51 Å². The third-order valence-electron chi connectivity index (χ3n) is 14.9. The average molecular weight is 289 g/mol. The van der Waals surface area contributed by atoms with Gasteiger partial charge >= 0.3 is 80.8 Å². The van der Waals surface area contributed by atoms with Crippen LogP contribution < -0.4 is 0 Å². The Bertz CT molecular complexity index is 990. The van der Waals surface area contributed by atoms with Crippen LogP contribution in [0.5, 0.6) is 0 Å². The summed E-state index contributed by atoms with van der Waals surface area (Å²) in [4.78, 5) is 10.4. The van der Waals surface area contributed by atoms with Crippen molar-refractivity contribution in [3.05, 3.63) is 0 Å². The minimum atomic E-state index is -2.99. The summed E-state index contributed by atoms with van der Waals surface area (Å²) in [6, 6.07) is 0. The van der Waals surface area contributed by atoms with Crippen molar-refractivity contribution in [3.8, 4) is 12.3 Å². The topological polar surface area (TPSA) is 0 Å². The molecule has 8 atom stereocenters. The maximum atomic E-state index is 6.03. The van der Waals surface area contributed by atoms with Crippen LogP contribution in [0.4, 0.5) is 0 Å². The number of terminal acetylenes is 1. The Balaban J connectivity index is 2.08. The zero-order valence-corrected chi connectivity index (χ0v) is 10.1. The molecule has 8 unspecified atom stereocenters. The third-order valence-corrected chi connectivity index (χ3v) is 64.5. The van der Waals surface area contributed by atoms with Crippen molar-refractivity contribution in [2.45, 2.75) is 46.1 Å². The van der Waals surface area contributed by atoms with E-state index in [1.54, 1.807) is 0 Å². The molecule has 1 spiro atoms. The zero-order chi connectivity index (χ0) is 8.64. The SMILES string of the molecule is C#C[C]12[CH]3[CH]4[CH]5[CH]1[Fe]45321678[CH]2[CH]1[CH]6[C]7(Br)[CH]28. The summed E-state index contributed by atoms with van der Waals surface area (Å²) in [6.45, 7) is -2.99. The fraction of sp³-hybridized carbons (Fsp3) is 0.833. The Morgan fingerprint density at radius 1 is 1.00 bits per heavy atom. The van der Waals surface area contributed by atoms with Gasteiger partial charge in [-0.2, -0.15) is 0 Å². The molecule has 10 saturated heterocycles. The van der Waals surface area contributed by atoms with Crippen LogP contribution in [0.2, 0.25) is 42.8 Å². The Labute approximate surface area is 80.6 Å². The van der Waals surface area contributed by atoms with E-state index < -0.39 is 6.51 Å². The van der Waals surface area contributed by atoms with Crippen LogP contribution >= 0.6 is 15.9 Å². The van der Waals surface area contributed by atoms with E-state index >= 15 is 0 Å². The first-order chi connectivity index (χ1) is 6.49. The van der Waals surface area contributed by atoms with Gasteiger partial charge in [0.15, 0.2) is 0 Å². The molecule has 0 aromatic heterocycles. The first kappa shape index (κ1) is 4.82. The van der Waals surface area contributed by atoms with Crippen molar-refractivity contribution in [1.29, 1.82) is 0 Å². The average Bonchev–Trinajstić information content (AvgIpc) is 3.10. The maximum absolute atomic E-state index is 6.03. The fourth-order valence-electron chi connectivity index (χ4n) is 16.6. The van der Waals surface area contributed by atoms with Crippen LogP contribution in [-0.4, -0.2) is 3.22 Å². The summed E-state index contributed by atoms with van der Waals surface area (Å²) in [5, 5.41) is 0.